The number of benzene rings is 2. The first-order valence-corrected chi connectivity index (χ1v) is 6.41. The van der Waals surface area contributed by atoms with Crippen LogP contribution in [0.2, 0.25) is 5.02 Å². The first-order valence-electron chi connectivity index (χ1n) is 6.03. The van der Waals surface area contributed by atoms with Crippen molar-refractivity contribution in [3.63, 3.8) is 0 Å². The maximum absolute atomic E-state index is 11.3. The Kier molecular flexibility index (Phi) is 3.91. The minimum absolute atomic E-state index is 0.0137. The third kappa shape index (κ3) is 3.15. The van der Waals surface area contributed by atoms with Gasteiger partial charge in [0.15, 0.2) is 5.78 Å². The van der Waals surface area contributed by atoms with Crippen molar-refractivity contribution in [1.82, 2.24) is 0 Å². The molecule has 0 saturated carbocycles. The number of rotatable bonds is 3. The topological polar surface area (TPSA) is 26.3 Å². The highest BCUT2D eigenvalue weighted by molar-refractivity contribution is 6.32. The molecule has 0 atom stereocenters. The lowest BCUT2D eigenvalue weighted by atomic mass is 10.1. The molecule has 2 aromatic carbocycles. The van der Waals surface area contributed by atoms with Gasteiger partial charge in [-0.2, -0.15) is 0 Å². The molecule has 0 spiro atoms. The minimum atomic E-state index is -0.0137. The molecule has 0 fully saturated rings. The molecule has 2 nitrogen and oxygen atoms in total. The Labute approximate surface area is 118 Å². The van der Waals surface area contributed by atoms with Gasteiger partial charge in [-0.05, 0) is 56.2 Å². The molecule has 98 valence electrons. The van der Waals surface area contributed by atoms with Crippen LogP contribution >= 0.6 is 11.6 Å². The predicted octanol–water partition coefficient (Wildman–Crippen LogP) is 4.95. The zero-order valence-electron chi connectivity index (χ0n) is 11.2. The van der Waals surface area contributed by atoms with Gasteiger partial charge in [0.05, 0.1) is 5.02 Å². The summed E-state index contributed by atoms with van der Waals surface area (Å²) < 4.78 is 5.81. The first kappa shape index (κ1) is 13.6. The van der Waals surface area contributed by atoms with Crippen LogP contribution in [0.5, 0.6) is 11.5 Å². The number of hydrogen-bond acceptors (Lipinski definition) is 2. The van der Waals surface area contributed by atoms with Gasteiger partial charge in [0, 0.05) is 5.56 Å². The van der Waals surface area contributed by atoms with E-state index in [0.717, 1.165) is 16.9 Å². The van der Waals surface area contributed by atoms with Gasteiger partial charge in [0.1, 0.15) is 11.5 Å². The van der Waals surface area contributed by atoms with Gasteiger partial charge in [-0.3, -0.25) is 4.79 Å². The van der Waals surface area contributed by atoms with Crippen molar-refractivity contribution in [2.24, 2.45) is 0 Å². The summed E-state index contributed by atoms with van der Waals surface area (Å²) in [6.07, 6.45) is 0. The van der Waals surface area contributed by atoms with Crippen LogP contribution in [0, 0.1) is 13.8 Å². The average Bonchev–Trinajstić information content (AvgIpc) is 2.36. The van der Waals surface area contributed by atoms with E-state index in [2.05, 4.69) is 0 Å². The van der Waals surface area contributed by atoms with Crippen molar-refractivity contribution in [3.05, 3.63) is 58.1 Å². The van der Waals surface area contributed by atoms with Gasteiger partial charge >= 0.3 is 0 Å². The molecule has 0 aliphatic heterocycles. The third-order valence-corrected chi connectivity index (χ3v) is 3.20. The number of halogens is 1. The van der Waals surface area contributed by atoms with E-state index < -0.39 is 0 Å². The van der Waals surface area contributed by atoms with Crippen molar-refractivity contribution < 1.29 is 9.53 Å². The van der Waals surface area contributed by atoms with E-state index in [1.54, 1.807) is 18.2 Å². The summed E-state index contributed by atoms with van der Waals surface area (Å²) in [5.41, 5.74) is 2.74. The van der Waals surface area contributed by atoms with Gasteiger partial charge < -0.3 is 4.74 Å². The zero-order valence-corrected chi connectivity index (χ0v) is 11.9. The molecule has 0 unspecified atom stereocenters. The molecule has 0 amide bonds. The molecule has 3 heteroatoms. The SMILES string of the molecule is CC(=O)c1ccc(Oc2cc(C)ccc2C)c(Cl)c1. The molecule has 0 bridgehead atoms. The standard InChI is InChI=1S/C16H15ClO2/c1-10-4-5-11(2)16(8-10)19-15-7-6-13(12(3)18)9-14(15)17/h4-9H,1-3H3. The number of carbonyl (C=O) groups excluding carboxylic acids is 1. The second kappa shape index (κ2) is 5.45. The summed E-state index contributed by atoms with van der Waals surface area (Å²) >= 11 is 6.14. The number of Topliss-reactive ketones (excluding diaryl/α,β-unsaturated/α-hetero) is 1. The van der Waals surface area contributed by atoms with Crippen LogP contribution in [0.25, 0.3) is 0 Å². The van der Waals surface area contributed by atoms with Gasteiger partial charge in [-0.25, -0.2) is 0 Å². The van der Waals surface area contributed by atoms with Crippen molar-refractivity contribution >= 4 is 17.4 Å². The third-order valence-electron chi connectivity index (χ3n) is 2.90. The van der Waals surface area contributed by atoms with Crippen LogP contribution in [0.1, 0.15) is 28.4 Å². The van der Waals surface area contributed by atoms with Crippen LogP contribution in [0.15, 0.2) is 36.4 Å². The van der Waals surface area contributed by atoms with Crippen LogP contribution in [0.3, 0.4) is 0 Å². The first-order chi connectivity index (χ1) is 8.97. The maximum atomic E-state index is 11.3. The molecule has 0 aromatic heterocycles. The number of aryl methyl sites for hydroxylation is 2. The van der Waals surface area contributed by atoms with E-state index in [9.17, 15) is 4.79 Å². The molecule has 2 aromatic rings. The largest absolute Gasteiger partial charge is 0.456 e. The van der Waals surface area contributed by atoms with Gasteiger partial charge in [-0.1, -0.05) is 23.7 Å². The summed E-state index contributed by atoms with van der Waals surface area (Å²) in [6.45, 7) is 5.50. The highest BCUT2D eigenvalue weighted by Gasteiger charge is 2.08. The van der Waals surface area contributed by atoms with Crippen molar-refractivity contribution in [2.75, 3.05) is 0 Å². The Hall–Kier alpha value is -1.80. The van der Waals surface area contributed by atoms with Gasteiger partial charge in [0.25, 0.3) is 0 Å². The minimum Gasteiger partial charge on any atom is -0.456 e. The predicted molar refractivity (Wildman–Crippen MR) is 77.4 cm³/mol. The quantitative estimate of drug-likeness (QED) is 0.740. The summed E-state index contributed by atoms with van der Waals surface area (Å²) in [5, 5.41) is 0.439. The Bertz CT molecular complexity index is 633. The molecule has 0 heterocycles. The molecule has 19 heavy (non-hydrogen) atoms. The van der Waals surface area contributed by atoms with Crippen molar-refractivity contribution in [1.29, 1.82) is 0 Å². The number of carbonyl (C=O) groups is 1. The summed E-state index contributed by atoms with van der Waals surface area (Å²) in [5.74, 6) is 1.32. The molecule has 0 aliphatic rings. The molecule has 0 aliphatic carbocycles. The van der Waals surface area contributed by atoms with Gasteiger partial charge in [0.2, 0.25) is 0 Å². The lowest BCUT2D eigenvalue weighted by Crippen LogP contribution is -1.94. The Morgan fingerprint density at radius 2 is 1.79 bits per heavy atom. The fourth-order valence-electron chi connectivity index (χ4n) is 1.74. The van der Waals surface area contributed by atoms with Gasteiger partial charge in [-0.15, -0.1) is 0 Å². The summed E-state index contributed by atoms with van der Waals surface area (Å²) in [6, 6.07) is 11.1. The lowest BCUT2D eigenvalue weighted by Gasteiger charge is -2.11. The summed E-state index contributed by atoms with van der Waals surface area (Å²) in [4.78, 5) is 11.3. The van der Waals surface area contributed by atoms with Crippen molar-refractivity contribution in [3.8, 4) is 11.5 Å². The Morgan fingerprint density at radius 3 is 2.42 bits per heavy atom. The summed E-state index contributed by atoms with van der Waals surface area (Å²) in [7, 11) is 0. The second-order valence-electron chi connectivity index (χ2n) is 4.57. The molecule has 0 N–H and O–H groups in total. The lowest BCUT2D eigenvalue weighted by molar-refractivity contribution is 0.101. The number of ether oxygens (including phenoxy) is 1. The van der Waals surface area contributed by atoms with Crippen LogP contribution < -0.4 is 4.74 Å². The van der Waals surface area contributed by atoms with E-state index in [-0.39, 0.29) is 5.78 Å². The smallest absolute Gasteiger partial charge is 0.159 e. The monoisotopic (exact) mass is 274 g/mol. The molecule has 0 radical (unpaired) electrons. The van der Waals surface area contributed by atoms with E-state index in [1.165, 1.54) is 6.92 Å². The average molecular weight is 275 g/mol. The zero-order chi connectivity index (χ0) is 14.0. The van der Waals surface area contributed by atoms with Crippen LogP contribution in [-0.2, 0) is 0 Å². The Balaban J connectivity index is 2.33. The van der Waals surface area contributed by atoms with E-state index in [0.29, 0.717) is 16.3 Å². The molecule has 0 saturated heterocycles. The number of ketones is 1. The normalized spacial score (nSPS) is 10.3. The Morgan fingerprint density at radius 1 is 1.05 bits per heavy atom. The molecule has 2 rings (SSSR count). The maximum Gasteiger partial charge on any atom is 0.159 e. The van der Waals surface area contributed by atoms with E-state index >= 15 is 0 Å². The van der Waals surface area contributed by atoms with Crippen LogP contribution in [0.4, 0.5) is 0 Å². The molecular weight excluding hydrogens is 260 g/mol. The highest BCUT2D eigenvalue weighted by atomic mass is 35.5. The fourth-order valence-corrected chi connectivity index (χ4v) is 1.96. The van der Waals surface area contributed by atoms with Crippen LogP contribution in [-0.4, -0.2) is 5.78 Å². The van der Waals surface area contributed by atoms with E-state index in [4.69, 9.17) is 16.3 Å². The van der Waals surface area contributed by atoms with Crippen molar-refractivity contribution in [2.45, 2.75) is 20.8 Å². The second-order valence-corrected chi connectivity index (χ2v) is 4.98. The number of hydrogen-bond donors (Lipinski definition) is 0. The van der Waals surface area contributed by atoms with E-state index in [1.807, 2.05) is 32.0 Å². The highest BCUT2D eigenvalue weighted by Crippen LogP contribution is 2.32. The molecular formula is C16H15ClO2. The fraction of sp³-hybridized carbons (Fsp3) is 0.188.